The molecule has 2 heterocycles. The number of nitrogens with one attached hydrogen (secondary N) is 1. The van der Waals surface area contributed by atoms with Gasteiger partial charge in [0.1, 0.15) is 0 Å². The molecular weight excluding hydrogens is 368 g/mol. The number of anilines is 1. The van der Waals surface area contributed by atoms with Crippen LogP contribution in [0.25, 0.3) is 0 Å². The Balaban J connectivity index is 1.62. The van der Waals surface area contributed by atoms with E-state index in [2.05, 4.69) is 29.0 Å². The SMILES string of the molecule is CC1CCN(c2ccc([N+](=O)[O-])cc2C(=O)NCCCN2CCCCC2C)CC1. The van der Waals surface area contributed by atoms with Crippen LogP contribution in [0.5, 0.6) is 0 Å². The quantitative estimate of drug-likeness (QED) is 0.426. The van der Waals surface area contributed by atoms with Gasteiger partial charge < -0.3 is 15.1 Å². The Morgan fingerprint density at radius 3 is 2.62 bits per heavy atom. The van der Waals surface area contributed by atoms with Gasteiger partial charge in [0.2, 0.25) is 0 Å². The molecule has 0 aromatic heterocycles. The molecule has 1 N–H and O–H groups in total. The number of likely N-dealkylation sites (tertiary alicyclic amines) is 1. The Morgan fingerprint density at radius 2 is 1.93 bits per heavy atom. The summed E-state index contributed by atoms with van der Waals surface area (Å²) < 4.78 is 0. The lowest BCUT2D eigenvalue weighted by atomic mass is 9.98. The van der Waals surface area contributed by atoms with Crippen LogP contribution in [-0.4, -0.2) is 54.5 Å². The minimum absolute atomic E-state index is 0.0357. The van der Waals surface area contributed by atoms with Crippen LogP contribution in [0.2, 0.25) is 0 Å². The van der Waals surface area contributed by atoms with E-state index < -0.39 is 4.92 Å². The zero-order chi connectivity index (χ0) is 20.8. The number of hydrogen-bond acceptors (Lipinski definition) is 5. The summed E-state index contributed by atoms with van der Waals surface area (Å²) in [5, 5.41) is 14.2. The number of carbonyl (C=O) groups is 1. The van der Waals surface area contributed by atoms with Crippen molar-refractivity contribution in [2.24, 2.45) is 5.92 Å². The summed E-state index contributed by atoms with van der Waals surface area (Å²) in [4.78, 5) is 28.4. The van der Waals surface area contributed by atoms with Gasteiger partial charge in [-0.05, 0) is 57.6 Å². The lowest BCUT2D eigenvalue weighted by molar-refractivity contribution is -0.384. The zero-order valence-corrected chi connectivity index (χ0v) is 17.7. The third-order valence-electron chi connectivity index (χ3n) is 6.41. The molecule has 2 fully saturated rings. The van der Waals surface area contributed by atoms with E-state index in [9.17, 15) is 14.9 Å². The van der Waals surface area contributed by atoms with E-state index in [0.717, 1.165) is 51.1 Å². The minimum Gasteiger partial charge on any atom is -0.371 e. The molecule has 1 aromatic carbocycles. The predicted molar refractivity (Wildman–Crippen MR) is 116 cm³/mol. The molecule has 7 heteroatoms. The van der Waals surface area contributed by atoms with Gasteiger partial charge in [0, 0.05) is 44.4 Å². The number of nitro groups is 1. The van der Waals surface area contributed by atoms with Crippen LogP contribution in [0.4, 0.5) is 11.4 Å². The highest BCUT2D eigenvalue weighted by atomic mass is 16.6. The second-order valence-corrected chi connectivity index (χ2v) is 8.62. The first-order valence-electron chi connectivity index (χ1n) is 11.0. The van der Waals surface area contributed by atoms with Crippen LogP contribution < -0.4 is 10.2 Å². The summed E-state index contributed by atoms with van der Waals surface area (Å²) in [5.41, 5.74) is 1.19. The standard InChI is InChI=1S/C22H34N4O3/c1-17-9-14-25(15-10-17)21-8-7-19(26(28)29)16-20(21)22(27)23-11-5-13-24-12-4-3-6-18(24)2/h7-8,16-18H,3-6,9-15H2,1-2H3,(H,23,27). The first-order valence-corrected chi connectivity index (χ1v) is 11.0. The van der Waals surface area contributed by atoms with Crippen molar-refractivity contribution in [3.8, 4) is 0 Å². The molecule has 2 aliphatic heterocycles. The van der Waals surface area contributed by atoms with E-state index in [-0.39, 0.29) is 11.6 Å². The summed E-state index contributed by atoms with van der Waals surface area (Å²) in [6.45, 7) is 8.97. The fraction of sp³-hybridized carbons (Fsp3) is 0.682. The highest BCUT2D eigenvalue weighted by molar-refractivity contribution is 6.00. The molecule has 0 aliphatic carbocycles. The van der Waals surface area contributed by atoms with Crippen molar-refractivity contribution in [3.05, 3.63) is 33.9 Å². The first-order chi connectivity index (χ1) is 14.0. The number of nitro benzene ring substituents is 1. The lowest BCUT2D eigenvalue weighted by Gasteiger charge is -2.33. The number of amides is 1. The molecule has 1 aromatic rings. The first kappa shape index (κ1) is 21.6. The fourth-order valence-electron chi connectivity index (χ4n) is 4.41. The van der Waals surface area contributed by atoms with E-state index in [0.29, 0.717) is 24.1 Å². The lowest BCUT2D eigenvalue weighted by Crippen LogP contribution is -2.39. The van der Waals surface area contributed by atoms with Crippen LogP contribution in [0.3, 0.4) is 0 Å². The number of hydrogen-bond donors (Lipinski definition) is 1. The largest absolute Gasteiger partial charge is 0.371 e. The molecule has 1 atom stereocenters. The molecule has 1 amide bonds. The minimum atomic E-state index is -0.434. The van der Waals surface area contributed by atoms with Crippen LogP contribution in [0, 0.1) is 16.0 Å². The molecule has 3 rings (SSSR count). The van der Waals surface area contributed by atoms with Crippen molar-refractivity contribution < 1.29 is 9.72 Å². The average Bonchev–Trinajstić information content (AvgIpc) is 2.72. The van der Waals surface area contributed by atoms with E-state index in [4.69, 9.17) is 0 Å². The third-order valence-corrected chi connectivity index (χ3v) is 6.41. The Bertz CT molecular complexity index is 716. The van der Waals surface area contributed by atoms with Crippen LogP contribution in [0.1, 0.15) is 62.7 Å². The molecule has 2 saturated heterocycles. The highest BCUT2D eigenvalue weighted by Gasteiger charge is 2.23. The Labute approximate surface area is 173 Å². The van der Waals surface area contributed by atoms with Gasteiger partial charge in [-0.2, -0.15) is 0 Å². The maximum Gasteiger partial charge on any atom is 0.270 e. The number of piperidine rings is 2. The average molecular weight is 403 g/mol. The summed E-state index contributed by atoms with van der Waals surface area (Å²) in [5.74, 6) is 0.466. The molecule has 2 aliphatic rings. The zero-order valence-electron chi connectivity index (χ0n) is 17.7. The van der Waals surface area contributed by atoms with Crippen molar-refractivity contribution in [1.82, 2.24) is 10.2 Å². The van der Waals surface area contributed by atoms with Gasteiger partial charge >= 0.3 is 0 Å². The summed E-state index contributed by atoms with van der Waals surface area (Å²) in [6, 6.07) is 5.28. The van der Waals surface area contributed by atoms with Gasteiger partial charge in [0.15, 0.2) is 0 Å². The normalized spacial score (nSPS) is 21.2. The molecule has 1 unspecified atom stereocenters. The van der Waals surface area contributed by atoms with Crippen molar-refractivity contribution in [2.75, 3.05) is 37.6 Å². The Kier molecular flexibility index (Phi) is 7.47. The fourth-order valence-corrected chi connectivity index (χ4v) is 4.41. The van der Waals surface area contributed by atoms with E-state index >= 15 is 0 Å². The predicted octanol–water partition coefficient (Wildman–Crippen LogP) is 3.83. The number of benzene rings is 1. The van der Waals surface area contributed by atoms with Crippen LogP contribution in [-0.2, 0) is 0 Å². The van der Waals surface area contributed by atoms with Gasteiger partial charge in [0.25, 0.3) is 11.6 Å². The van der Waals surface area contributed by atoms with Gasteiger partial charge in [-0.3, -0.25) is 14.9 Å². The smallest absolute Gasteiger partial charge is 0.270 e. The number of carbonyl (C=O) groups excluding carboxylic acids is 1. The van der Waals surface area contributed by atoms with Crippen molar-refractivity contribution in [3.63, 3.8) is 0 Å². The monoisotopic (exact) mass is 402 g/mol. The summed E-state index contributed by atoms with van der Waals surface area (Å²) in [6.07, 6.45) is 6.85. The number of nitrogens with zero attached hydrogens (tertiary/aromatic N) is 3. The van der Waals surface area contributed by atoms with Crippen molar-refractivity contribution >= 4 is 17.3 Å². The molecule has 0 radical (unpaired) electrons. The van der Waals surface area contributed by atoms with E-state index in [1.54, 1.807) is 6.07 Å². The van der Waals surface area contributed by atoms with Crippen LogP contribution in [0.15, 0.2) is 18.2 Å². The molecule has 160 valence electrons. The van der Waals surface area contributed by atoms with Gasteiger partial charge in [0.05, 0.1) is 16.2 Å². The van der Waals surface area contributed by atoms with E-state index in [1.807, 2.05) is 0 Å². The third kappa shape index (κ3) is 5.69. The number of rotatable bonds is 7. The second-order valence-electron chi connectivity index (χ2n) is 8.62. The number of non-ortho nitro benzene ring substituents is 1. The second kappa shape index (κ2) is 10.1. The Hall–Kier alpha value is -2.15. The molecule has 7 nitrogen and oxygen atoms in total. The maximum absolute atomic E-state index is 12.9. The summed E-state index contributed by atoms with van der Waals surface area (Å²) in [7, 11) is 0. The Morgan fingerprint density at radius 1 is 1.17 bits per heavy atom. The molecule has 0 bridgehead atoms. The summed E-state index contributed by atoms with van der Waals surface area (Å²) >= 11 is 0. The van der Waals surface area contributed by atoms with E-state index in [1.165, 1.54) is 31.4 Å². The van der Waals surface area contributed by atoms with Gasteiger partial charge in [-0.1, -0.05) is 13.3 Å². The van der Waals surface area contributed by atoms with Crippen molar-refractivity contribution in [2.45, 2.75) is 58.4 Å². The van der Waals surface area contributed by atoms with Gasteiger partial charge in [-0.15, -0.1) is 0 Å². The highest BCUT2D eigenvalue weighted by Crippen LogP contribution is 2.29. The molecule has 0 saturated carbocycles. The van der Waals surface area contributed by atoms with Crippen molar-refractivity contribution in [1.29, 1.82) is 0 Å². The van der Waals surface area contributed by atoms with Crippen LogP contribution >= 0.6 is 0 Å². The molecular formula is C22H34N4O3. The molecule has 0 spiro atoms. The van der Waals surface area contributed by atoms with Gasteiger partial charge in [-0.25, -0.2) is 0 Å². The topological polar surface area (TPSA) is 78.7 Å². The molecule has 29 heavy (non-hydrogen) atoms. The maximum atomic E-state index is 12.9.